The summed E-state index contributed by atoms with van der Waals surface area (Å²) in [5, 5.41) is 0. The lowest BCUT2D eigenvalue weighted by Crippen LogP contribution is -2.08. The molecular formula is C8H10Br2N2. The molecule has 0 aliphatic heterocycles. The molecule has 1 rings (SSSR count). The van der Waals surface area contributed by atoms with Gasteiger partial charge in [-0.3, -0.25) is 0 Å². The van der Waals surface area contributed by atoms with Gasteiger partial charge in [0, 0.05) is 12.2 Å². The average Bonchev–Trinajstić information content (AvgIpc) is 2.08. The smallest absolute Gasteiger partial charge is 0.120 e. The third-order valence-corrected chi connectivity index (χ3v) is 3.45. The van der Waals surface area contributed by atoms with Crippen molar-refractivity contribution in [1.29, 1.82) is 0 Å². The van der Waals surface area contributed by atoms with Crippen LogP contribution < -0.4 is 5.73 Å². The molecule has 0 saturated heterocycles. The summed E-state index contributed by atoms with van der Waals surface area (Å²) in [6.07, 6.45) is 2.72. The molecule has 66 valence electrons. The lowest BCUT2D eigenvalue weighted by atomic mass is 10.1. The standard InChI is InChI=1S/C8H10Br2N2/c1-2-7(11)5-3-6(9)8(10)12-4-5/h3-4,7H,2,11H2,1H3. The van der Waals surface area contributed by atoms with Crippen molar-refractivity contribution >= 4 is 31.9 Å². The van der Waals surface area contributed by atoms with Crippen molar-refractivity contribution in [3.8, 4) is 0 Å². The molecule has 0 fully saturated rings. The topological polar surface area (TPSA) is 38.9 Å². The molecule has 0 aromatic carbocycles. The summed E-state index contributed by atoms with van der Waals surface area (Å²) in [6.45, 7) is 2.06. The van der Waals surface area contributed by atoms with E-state index in [9.17, 15) is 0 Å². The van der Waals surface area contributed by atoms with Crippen molar-refractivity contribution < 1.29 is 0 Å². The molecule has 1 unspecified atom stereocenters. The van der Waals surface area contributed by atoms with Crippen molar-refractivity contribution in [1.82, 2.24) is 4.98 Å². The SMILES string of the molecule is CCC(N)c1cnc(Br)c(Br)c1. The highest BCUT2D eigenvalue weighted by Crippen LogP contribution is 2.24. The Labute approximate surface area is 88.8 Å². The van der Waals surface area contributed by atoms with Crippen LogP contribution in [0, 0.1) is 0 Å². The monoisotopic (exact) mass is 292 g/mol. The quantitative estimate of drug-likeness (QED) is 0.852. The maximum atomic E-state index is 5.84. The lowest BCUT2D eigenvalue weighted by Gasteiger charge is -2.08. The third-order valence-electron chi connectivity index (χ3n) is 1.69. The molecule has 4 heteroatoms. The number of nitrogens with two attached hydrogens (primary N) is 1. The second kappa shape index (κ2) is 4.35. The summed E-state index contributed by atoms with van der Waals surface area (Å²) >= 11 is 6.68. The van der Waals surface area contributed by atoms with Crippen LogP contribution in [0.15, 0.2) is 21.3 Å². The van der Waals surface area contributed by atoms with Gasteiger partial charge in [0.2, 0.25) is 0 Å². The molecule has 12 heavy (non-hydrogen) atoms. The van der Waals surface area contributed by atoms with Gasteiger partial charge < -0.3 is 5.73 Å². The van der Waals surface area contributed by atoms with Gasteiger partial charge in [-0.2, -0.15) is 0 Å². The number of nitrogens with zero attached hydrogens (tertiary/aromatic N) is 1. The molecule has 1 aromatic rings. The Hall–Kier alpha value is 0.0700. The zero-order valence-electron chi connectivity index (χ0n) is 6.72. The zero-order chi connectivity index (χ0) is 9.14. The van der Waals surface area contributed by atoms with Crippen molar-refractivity contribution in [2.45, 2.75) is 19.4 Å². The number of rotatable bonds is 2. The van der Waals surface area contributed by atoms with Gasteiger partial charge in [0.1, 0.15) is 4.60 Å². The summed E-state index contributed by atoms with van der Waals surface area (Å²) in [5.41, 5.74) is 6.90. The first kappa shape index (κ1) is 10.2. The maximum Gasteiger partial charge on any atom is 0.120 e. The fourth-order valence-corrected chi connectivity index (χ4v) is 1.46. The van der Waals surface area contributed by atoms with Crippen LogP contribution in [0.25, 0.3) is 0 Å². The fraction of sp³-hybridized carbons (Fsp3) is 0.375. The van der Waals surface area contributed by atoms with Gasteiger partial charge in [-0.15, -0.1) is 0 Å². The summed E-state index contributed by atoms with van der Waals surface area (Å²) in [6, 6.07) is 2.08. The highest BCUT2D eigenvalue weighted by atomic mass is 79.9. The van der Waals surface area contributed by atoms with Crippen LogP contribution in [0.1, 0.15) is 24.9 Å². The van der Waals surface area contributed by atoms with E-state index in [1.54, 1.807) is 6.20 Å². The van der Waals surface area contributed by atoms with Gasteiger partial charge in [-0.05, 0) is 49.9 Å². The van der Waals surface area contributed by atoms with E-state index in [1.807, 2.05) is 6.07 Å². The Bertz CT molecular complexity index is 276. The predicted octanol–water partition coefficient (Wildman–Crippen LogP) is 3.02. The van der Waals surface area contributed by atoms with E-state index in [1.165, 1.54) is 0 Å². The van der Waals surface area contributed by atoms with Crippen LogP contribution in [0.3, 0.4) is 0 Å². The molecule has 0 aliphatic carbocycles. The van der Waals surface area contributed by atoms with Crippen LogP contribution in [-0.2, 0) is 0 Å². The van der Waals surface area contributed by atoms with Crippen molar-refractivity contribution in [2.24, 2.45) is 5.73 Å². The van der Waals surface area contributed by atoms with Crippen molar-refractivity contribution in [3.63, 3.8) is 0 Å². The molecule has 0 saturated carbocycles. The molecule has 0 radical (unpaired) electrons. The predicted molar refractivity (Wildman–Crippen MR) is 56.9 cm³/mol. The average molecular weight is 294 g/mol. The molecule has 2 N–H and O–H groups in total. The Balaban J connectivity index is 2.96. The highest BCUT2D eigenvalue weighted by Gasteiger charge is 2.05. The summed E-state index contributed by atoms with van der Waals surface area (Å²) in [4.78, 5) is 4.14. The van der Waals surface area contributed by atoms with Crippen LogP contribution in [-0.4, -0.2) is 4.98 Å². The Morgan fingerprint density at radius 1 is 1.58 bits per heavy atom. The Morgan fingerprint density at radius 2 is 2.25 bits per heavy atom. The second-order valence-electron chi connectivity index (χ2n) is 2.56. The summed E-state index contributed by atoms with van der Waals surface area (Å²) < 4.78 is 1.76. The number of hydrogen-bond acceptors (Lipinski definition) is 2. The fourth-order valence-electron chi connectivity index (χ4n) is 0.874. The highest BCUT2D eigenvalue weighted by molar-refractivity contribution is 9.13. The zero-order valence-corrected chi connectivity index (χ0v) is 9.89. The van der Waals surface area contributed by atoms with Gasteiger partial charge in [0.15, 0.2) is 0 Å². The van der Waals surface area contributed by atoms with E-state index in [2.05, 4.69) is 43.8 Å². The first-order valence-electron chi connectivity index (χ1n) is 3.71. The number of aromatic nitrogens is 1. The summed E-state index contributed by atoms with van der Waals surface area (Å²) in [7, 11) is 0. The first-order chi connectivity index (χ1) is 5.65. The van der Waals surface area contributed by atoms with Gasteiger partial charge in [0.25, 0.3) is 0 Å². The van der Waals surface area contributed by atoms with Crippen LogP contribution >= 0.6 is 31.9 Å². The van der Waals surface area contributed by atoms with E-state index >= 15 is 0 Å². The number of halogens is 2. The summed E-state index contributed by atoms with van der Waals surface area (Å²) in [5.74, 6) is 0. The normalized spacial score (nSPS) is 13.0. The van der Waals surface area contributed by atoms with Crippen LogP contribution in [0.5, 0.6) is 0 Å². The van der Waals surface area contributed by atoms with E-state index in [0.29, 0.717) is 0 Å². The second-order valence-corrected chi connectivity index (χ2v) is 4.16. The molecule has 0 aliphatic rings. The van der Waals surface area contributed by atoms with Crippen molar-refractivity contribution in [2.75, 3.05) is 0 Å². The molecule has 0 bridgehead atoms. The van der Waals surface area contributed by atoms with Crippen molar-refractivity contribution in [3.05, 3.63) is 26.9 Å². The molecule has 0 spiro atoms. The maximum absolute atomic E-state index is 5.84. The Kier molecular flexibility index (Phi) is 3.68. The molecule has 0 amide bonds. The van der Waals surface area contributed by atoms with Gasteiger partial charge in [0.05, 0.1) is 4.47 Å². The van der Waals surface area contributed by atoms with E-state index in [0.717, 1.165) is 21.1 Å². The third kappa shape index (κ3) is 2.28. The van der Waals surface area contributed by atoms with Gasteiger partial charge in [-0.25, -0.2) is 4.98 Å². The minimum Gasteiger partial charge on any atom is -0.324 e. The molecule has 1 aromatic heterocycles. The van der Waals surface area contributed by atoms with Crippen LogP contribution in [0.2, 0.25) is 0 Å². The van der Waals surface area contributed by atoms with Gasteiger partial charge >= 0.3 is 0 Å². The van der Waals surface area contributed by atoms with E-state index in [-0.39, 0.29) is 6.04 Å². The molecular weight excluding hydrogens is 284 g/mol. The lowest BCUT2D eigenvalue weighted by molar-refractivity contribution is 0.694. The minimum absolute atomic E-state index is 0.0851. The molecule has 1 atom stereocenters. The Morgan fingerprint density at radius 3 is 2.75 bits per heavy atom. The minimum atomic E-state index is 0.0851. The molecule has 1 heterocycles. The van der Waals surface area contributed by atoms with E-state index in [4.69, 9.17) is 5.73 Å². The van der Waals surface area contributed by atoms with E-state index < -0.39 is 0 Å². The number of pyridine rings is 1. The first-order valence-corrected chi connectivity index (χ1v) is 5.30. The van der Waals surface area contributed by atoms with Gasteiger partial charge in [-0.1, -0.05) is 6.92 Å². The molecule has 2 nitrogen and oxygen atoms in total. The van der Waals surface area contributed by atoms with Crippen LogP contribution in [0.4, 0.5) is 0 Å². The largest absolute Gasteiger partial charge is 0.324 e. The number of hydrogen-bond donors (Lipinski definition) is 1.